The van der Waals surface area contributed by atoms with Gasteiger partial charge in [-0.3, -0.25) is 0 Å². The van der Waals surface area contributed by atoms with Crippen molar-refractivity contribution in [2.75, 3.05) is 30.4 Å². The molecule has 23 heavy (non-hydrogen) atoms. The fourth-order valence-electron chi connectivity index (χ4n) is 2.54. The number of methoxy groups -OCH3 is 1. The molecule has 118 valence electrons. The predicted molar refractivity (Wildman–Crippen MR) is 89.5 cm³/mol. The second-order valence-corrected chi connectivity index (χ2v) is 6.05. The first-order chi connectivity index (χ1) is 11.2. The molecule has 2 aromatic rings. The number of anilines is 2. The van der Waals surface area contributed by atoms with Crippen molar-refractivity contribution in [3.05, 3.63) is 34.6 Å². The molecule has 1 atom stereocenters. The van der Waals surface area contributed by atoms with Crippen LogP contribution in [0.1, 0.15) is 12.0 Å². The van der Waals surface area contributed by atoms with Crippen molar-refractivity contribution in [1.29, 1.82) is 5.26 Å². The molecule has 0 spiro atoms. The van der Waals surface area contributed by atoms with Crippen molar-refractivity contribution in [3.8, 4) is 11.9 Å². The van der Waals surface area contributed by atoms with Gasteiger partial charge in [-0.1, -0.05) is 0 Å². The zero-order valence-electron chi connectivity index (χ0n) is 12.5. The van der Waals surface area contributed by atoms with E-state index >= 15 is 0 Å². The minimum atomic E-state index is 0.194. The summed E-state index contributed by atoms with van der Waals surface area (Å²) in [4.78, 5) is 14.9. The summed E-state index contributed by atoms with van der Waals surface area (Å²) >= 11 is 3.34. The minimum Gasteiger partial charge on any atom is -0.481 e. The molecule has 0 amide bonds. The lowest BCUT2D eigenvalue weighted by Gasteiger charge is -2.19. The highest BCUT2D eigenvalue weighted by atomic mass is 79.9. The van der Waals surface area contributed by atoms with Crippen molar-refractivity contribution < 1.29 is 4.74 Å². The third kappa shape index (κ3) is 3.51. The molecule has 1 unspecified atom stereocenters. The van der Waals surface area contributed by atoms with Crippen LogP contribution in [0.4, 0.5) is 11.8 Å². The highest BCUT2D eigenvalue weighted by Crippen LogP contribution is 2.25. The monoisotopic (exact) mass is 374 g/mol. The first-order valence-electron chi connectivity index (χ1n) is 7.14. The number of ether oxygens (including phenoxy) is 1. The summed E-state index contributed by atoms with van der Waals surface area (Å²) in [6, 6.07) is 5.88. The standard InChI is InChI=1S/C15H15BrN6O/c1-23-13-2-4-18-15(21-13)20-12-3-5-22(9-12)14-10(7-17)6-11(16)8-19-14/h2,4,6,8,12H,3,5,9H2,1H3,(H,18,20,21). The van der Waals surface area contributed by atoms with Crippen LogP contribution in [-0.4, -0.2) is 41.2 Å². The van der Waals surface area contributed by atoms with Crippen LogP contribution >= 0.6 is 15.9 Å². The number of aromatic nitrogens is 3. The number of nitriles is 1. The Bertz CT molecular complexity index is 747. The van der Waals surface area contributed by atoms with Gasteiger partial charge in [-0.15, -0.1) is 0 Å². The summed E-state index contributed by atoms with van der Waals surface area (Å²) in [6.45, 7) is 1.56. The Morgan fingerprint density at radius 2 is 2.35 bits per heavy atom. The molecule has 3 rings (SSSR count). The first kappa shape index (κ1) is 15.5. The van der Waals surface area contributed by atoms with E-state index in [9.17, 15) is 5.26 Å². The van der Waals surface area contributed by atoms with E-state index in [1.54, 1.807) is 31.6 Å². The van der Waals surface area contributed by atoms with Gasteiger partial charge in [0, 0.05) is 42.1 Å². The van der Waals surface area contributed by atoms with E-state index in [0.717, 1.165) is 24.0 Å². The summed E-state index contributed by atoms with van der Waals surface area (Å²) in [7, 11) is 1.58. The van der Waals surface area contributed by atoms with Crippen LogP contribution in [0.25, 0.3) is 0 Å². The quantitative estimate of drug-likeness (QED) is 0.877. The first-order valence-corrected chi connectivity index (χ1v) is 7.93. The number of rotatable bonds is 4. The van der Waals surface area contributed by atoms with Gasteiger partial charge in [0.15, 0.2) is 0 Å². The highest BCUT2D eigenvalue weighted by molar-refractivity contribution is 9.10. The van der Waals surface area contributed by atoms with E-state index in [0.29, 0.717) is 23.2 Å². The van der Waals surface area contributed by atoms with Gasteiger partial charge in [0.05, 0.1) is 12.7 Å². The molecule has 0 radical (unpaired) electrons. The second-order valence-electron chi connectivity index (χ2n) is 5.14. The maximum Gasteiger partial charge on any atom is 0.226 e. The molecule has 2 aromatic heterocycles. The number of pyridine rings is 1. The molecule has 8 heteroatoms. The summed E-state index contributed by atoms with van der Waals surface area (Å²) < 4.78 is 5.90. The molecule has 1 aliphatic heterocycles. The number of halogens is 1. The van der Waals surface area contributed by atoms with Gasteiger partial charge in [-0.2, -0.15) is 10.2 Å². The lowest BCUT2D eigenvalue weighted by molar-refractivity contribution is 0.397. The number of nitrogens with zero attached hydrogens (tertiary/aromatic N) is 5. The van der Waals surface area contributed by atoms with Crippen LogP contribution in [-0.2, 0) is 0 Å². The SMILES string of the molecule is COc1ccnc(NC2CCN(c3ncc(Br)cc3C#N)C2)n1. The highest BCUT2D eigenvalue weighted by Gasteiger charge is 2.26. The predicted octanol–water partition coefficient (Wildman–Crippen LogP) is 2.21. The second kappa shape index (κ2) is 6.79. The molecule has 0 aromatic carbocycles. The summed E-state index contributed by atoms with van der Waals surface area (Å²) in [5.74, 6) is 1.78. The average Bonchev–Trinajstić information content (AvgIpc) is 3.03. The Morgan fingerprint density at radius 3 is 3.13 bits per heavy atom. The largest absolute Gasteiger partial charge is 0.481 e. The number of nitrogens with one attached hydrogen (secondary N) is 1. The molecular weight excluding hydrogens is 360 g/mol. The van der Waals surface area contributed by atoms with E-state index in [1.807, 2.05) is 0 Å². The molecule has 1 N–H and O–H groups in total. The molecule has 3 heterocycles. The van der Waals surface area contributed by atoms with E-state index in [2.05, 4.69) is 47.2 Å². The maximum absolute atomic E-state index is 9.27. The summed E-state index contributed by atoms with van der Waals surface area (Å²) in [5.41, 5.74) is 0.567. The molecule has 1 aliphatic rings. The van der Waals surface area contributed by atoms with Crippen LogP contribution in [0.15, 0.2) is 29.0 Å². The normalized spacial score (nSPS) is 16.9. The van der Waals surface area contributed by atoms with Gasteiger partial charge in [-0.25, -0.2) is 9.97 Å². The fraction of sp³-hybridized carbons (Fsp3) is 0.333. The lowest BCUT2D eigenvalue weighted by Crippen LogP contribution is -2.27. The van der Waals surface area contributed by atoms with Gasteiger partial charge >= 0.3 is 0 Å². The minimum absolute atomic E-state index is 0.194. The maximum atomic E-state index is 9.27. The van der Waals surface area contributed by atoms with Crippen molar-refractivity contribution in [2.24, 2.45) is 0 Å². The molecular formula is C15H15BrN6O. The van der Waals surface area contributed by atoms with Crippen LogP contribution in [0.2, 0.25) is 0 Å². The van der Waals surface area contributed by atoms with Gasteiger partial charge in [0.1, 0.15) is 11.9 Å². The van der Waals surface area contributed by atoms with E-state index in [1.165, 1.54) is 0 Å². The van der Waals surface area contributed by atoms with Gasteiger partial charge in [-0.05, 0) is 28.4 Å². The topological polar surface area (TPSA) is 87.0 Å². The van der Waals surface area contributed by atoms with Crippen molar-refractivity contribution >= 4 is 27.7 Å². The third-order valence-corrected chi connectivity index (χ3v) is 4.05. The summed E-state index contributed by atoms with van der Waals surface area (Å²) in [5, 5.41) is 12.6. The zero-order valence-corrected chi connectivity index (χ0v) is 14.1. The molecule has 0 saturated carbocycles. The van der Waals surface area contributed by atoms with Crippen molar-refractivity contribution in [2.45, 2.75) is 12.5 Å². The van der Waals surface area contributed by atoms with Gasteiger partial charge in [0.2, 0.25) is 11.8 Å². The molecule has 7 nitrogen and oxygen atoms in total. The Balaban J connectivity index is 1.70. The smallest absolute Gasteiger partial charge is 0.226 e. The van der Waals surface area contributed by atoms with Crippen molar-refractivity contribution in [3.63, 3.8) is 0 Å². The van der Waals surface area contributed by atoms with Crippen LogP contribution in [0, 0.1) is 11.3 Å². The Kier molecular flexibility index (Phi) is 4.57. The van der Waals surface area contributed by atoms with Gasteiger partial charge < -0.3 is 15.0 Å². The number of hydrogen-bond donors (Lipinski definition) is 1. The Labute approximate surface area is 142 Å². The van der Waals surface area contributed by atoms with E-state index in [-0.39, 0.29) is 6.04 Å². The van der Waals surface area contributed by atoms with Crippen LogP contribution in [0.3, 0.4) is 0 Å². The lowest BCUT2D eigenvalue weighted by atomic mass is 10.2. The Hall–Kier alpha value is -2.40. The molecule has 0 aliphatic carbocycles. The average molecular weight is 375 g/mol. The van der Waals surface area contributed by atoms with E-state index in [4.69, 9.17) is 4.74 Å². The van der Waals surface area contributed by atoms with Crippen molar-refractivity contribution in [1.82, 2.24) is 15.0 Å². The molecule has 1 fully saturated rings. The zero-order chi connectivity index (χ0) is 16.2. The van der Waals surface area contributed by atoms with Crippen LogP contribution in [0.5, 0.6) is 5.88 Å². The van der Waals surface area contributed by atoms with Gasteiger partial charge in [0.25, 0.3) is 0 Å². The third-order valence-electron chi connectivity index (χ3n) is 3.61. The summed E-state index contributed by atoms with van der Waals surface area (Å²) in [6.07, 6.45) is 4.29. The number of hydrogen-bond acceptors (Lipinski definition) is 7. The van der Waals surface area contributed by atoms with Crippen LogP contribution < -0.4 is 15.0 Å². The van der Waals surface area contributed by atoms with E-state index < -0.39 is 0 Å². The fourth-order valence-corrected chi connectivity index (χ4v) is 2.88. The molecule has 0 bridgehead atoms. The Morgan fingerprint density at radius 1 is 1.48 bits per heavy atom. The molecule has 1 saturated heterocycles.